The van der Waals surface area contributed by atoms with Crippen molar-refractivity contribution in [2.45, 2.75) is 57.9 Å². The molecule has 0 saturated heterocycles. The molecule has 0 fully saturated rings. The molecule has 0 aliphatic carbocycles. The van der Waals surface area contributed by atoms with E-state index in [9.17, 15) is 9.59 Å². The van der Waals surface area contributed by atoms with Crippen LogP contribution in [0.4, 0.5) is 4.79 Å². The van der Waals surface area contributed by atoms with Crippen molar-refractivity contribution < 1.29 is 19.4 Å². The van der Waals surface area contributed by atoms with Gasteiger partial charge in [0.1, 0.15) is 6.04 Å². The number of amides is 1. The Hall–Kier alpha value is -1.04. The quantitative estimate of drug-likeness (QED) is 0.697. The van der Waals surface area contributed by atoms with Gasteiger partial charge in [0.2, 0.25) is 0 Å². The Bertz CT molecular complexity index is 302. The van der Waals surface area contributed by atoms with Crippen LogP contribution in [-0.2, 0) is 9.53 Å². The molecule has 0 aliphatic heterocycles. The summed E-state index contributed by atoms with van der Waals surface area (Å²) in [5, 5.41) is 9.13. The zero-order chi connectivity index (χ0) is 15.1. The van der Waals surface area contributed by atoms with E-state index in [1.54, 1.807) is 0 Å². The summed E-state index contributed by atoms with van der Waals surface area (Å²) >= 11 is 0. The van der Waals surface area contributed by atoms with E-state index in [2.05, 4.69) is 19.6 Å². The van der Waals surface area contributed by atoms with Gasteiger partial charge in [-0.1, -0.05) is 39.4 Å². The van der Waals surface area contributed by atoms with Gasteiger partial charge in [-0.25, -0.2) is 9.59 Å². The minimum Gasteiger partial charge on any atom is -0.480 e. The van der Waals surface area contributed by atoms with Gasteiger partial charge < -0.3 is 9.84 Å². The van der Waals surface area contributed by atoms with E-state index in [1.165, 1.54) is 11.9 Å². The fraction of sp³-hybridized carbons (Fsp3) is 0.846. The van der Waals surface area contributed by atoms with E-state index >= 15 is 0 Å². The molecule has 0 rings (SSSR count). The van der Waals surface area contributed by atoms with Crippen LogP contribution in [0.25, 0.3) is 0 Å². The van der Waals surface area contributed by atoms with Gasteiger partial charge in [-0.05, 0) is 12.5 Å². The lowest BCUT2D eigenvalue weighted by molar-refractivity contribution is -0.142. The molecule has 0 aliphatic rings. The highest BCUT2D eigenvalue weighted by Gasteiger charge is 2.27. The molecule has 112 valence electrons. The first kappa shape index (κ1) is 18.0. The van der Waals surface area contributed by atoms with Gasteiger partial charge >= 0.3 is 12.1 Å². The standard InChI is InChI=1S/C13H27NO4Si/c1-6-7-8-11(12(15)16)14(2)13(17)18-9-10-19(3,4)5/h11H,6-10H2,1-5H3,(H,15,16). The average Bonchev–Trinajstić information content (AvgIpc) is 2.26. The van der Waals surface area contributed by atoms with Crippen molar-refractivity contribution in [2.24, 2.45) is 0 Å². The summed E-state index contributed by atoms with van der Waals surface area (Å²) in [5.74, 6) is -0.974. The third-order valence-corrected chi connectivity index (χ3v) is 4.65. The molecule has 0 aromatic rings. The highest BCUT2D eigenvalue weighted by Crippen LogP contribution is 2.11. The van der Waals surface area contributed by atoms with Crippen molar-refractivity contribution in [1.82, 2.24) is 4.90 Å². The van der Waals surface area contributed by atoms with Crippen LogP contribution >= 0.6 is 0 Å². The second kappa shape index (κ2) is 8.19. The number of carboxylic acid groups (broad SMARTS) is 1. The summed E-state index contributed by atoms with van der Waals surface area (Å²) in [4.78, 5) is 24.1. The number of ether oxygens (including phenoxy) is 1. The van der Waals surface area contributed by atoms with Crippen molar-refractivity contribution in [3.63, 3.8) is 0 Å². The Morgan fingerprint density at radius 1 is 1.32 bits per heavy atom. The highest BCUT2D eigenvalue weighted by atomic mass is 28.3. The smallest absolute Gasteiger partial charge is 0.410 e. The zero-order valence-corrected chi connectivity index (χ0v) is 13.7. The van der Waals surface area contributed by atoms with E-state index in [1.807, 2.05) is 6.92 Å². The largest absolute Gasteiger partial charge is 0.480 e. The lowest BCUT2D eigenvalue weighted by Crippen LogP contribution is -2.43. The van der Waals surface area contributed by atoms with Crippen molar-refractivity contribution >= 4 is 20.1 Å². The Kier molecular flexibility index (Phi) is 7.74. The molecule has 1 unspecified atom stereocenters. The monoisotopic (exact) mass is 289 g/mol. The fourth-order valence-corrected chi connectivity index (χ4v) is 2.27. The van der Waals surface area contributed by atoms with Gasteiger partial charge in [-0.15, -0.1) is 0 Å². The number of carbonyl (C=O) groups excluding carboxylic acids is 1. The number of likely N-dealkylation sites (N-methyl/N-ethyl adjacent to an activating group) is 1. The van der Waals surface area contributed by atoms with Crippen molar-refractivity contribution in [3.8, 4) is 0 Å². The minimum absolute atomic E-state index is 0.374. The summed E-state index contributed by atoms with van der Waals surface area (Å²) in [5.41, 5.74) is 0. The first-order valence-electron chi connectivity index (χ1n) is 6.81. The van der Waals surface area contributed by atoms with E-state index in [0.717, 1.165) is 18.9 Å². The number of aliphatic carboxylic acids is 1. The maximum atomic E-state index is 11.8. The molecule has 5 nitrogen and oxygen atoms in total. The molecule has 0 bridgehead atoms. The molecule has 1 amide bonds. The molecule has 19 heavy (non-hydrogen) atoms. The number of hydrogen-bond acceptors (Lipinski definition) is 3. The Morgan fingerprint density at radius 3 is 2.32 bits per heavy atom. The van der Waals surface area contributed by atoms with Crippen LogP contribution in [0.5, 0.6) is 0 Å². The van der Waals surface area contributed by atoms with Gasteiger partial charge in [-0.2, -0.15) is 0 Å². The number of hydrogen-bond donors (Lipinski definition) is 1. The summed E-state index contributed by atoms with van der Waals surface area (Å²) in [6.45, 7) is 8.97. The lowest BCUT2D eigenvalue weighted by atomic mass is 10.1. The predicted octanol–water partition coefficient (Wildman–Crippen LogP) is 3.04. The van der Waals surface area contributed by atoms with Crippen LogP contribution in [0.3, 0.4) is 0 Å². The number of rotatable bonds is 8. The number of nitrogens with zero attached hydrogens (tertiary/aromatic N) is 1. The maximum Gasteiger partial charge on any atom is 0.410 e. The molecule has 1 atom stereocenters. The lowest BCUT2D eigenvalue weighted by Gasteiger charge is -2.25. The van der Waals surface area contributed by atoms with E-state index in [0.29, 0.717) is 13.0 Å². The molecule has 0 spiro atoms. The Morgan fingerprint density at radius 2 is 1.89 bits per heavy atom. The predicted molar refractivity (Wildman–Crippen MR) is 78.2 cm³/mol. The SMILES string of the molecule is CCCCC(C(=O)O)N(C)C(=O)OCC[Si](C)(C)C. The molecular formula is C13H27NO4Si. The molecule has 0 aromatic heterocycles. The van der Waals surface area contributed by atoms with Crippen molar-refractivity contribution in [1.29, 1.82) is 0 Å². The van der Waals surface area contributed by atoms with E-state index < -0.39 is 26.2 Å². The van der Waals surface area contributed by atoms with Gasteiger partial charge in [0.05, 0.1) is 6.61 Å². The first-order chi connectivity index (χ1) is 8.69. The topological polar surface area (TPSA) is 66.8 Å². The third-order valence-electron chi connectivity index (χ3n) is 2.95. The molecule has 0 heterocycles. The number of unbranched alkanes of at least 4 members (excludes halogenated alkanes) is 1. The normalized spacial score (nSPS) is 12.9. The molecule has 0 radical (unpaired) electrons. The summed E-state index contributed by atoms with van der Waals surface area (Å²) < 4.78 is 5.15. The van der Waals surface area contributed by atoms with Crippen LogP contribution in [0.1, 0.15) is 26.2 Å². The molecule has 0 saturated carbocycles. The van der Waals surface area contributed by atoms with Crippen LogP contribution in [-0.4, -0.2) is 49.8 Å². The second-order valence-electron chi connectivity index (χ2n) is 6.03. The van der Waals surface area contributed by atoms with Gasteiger partial charge in [-0.3, -0.25) is 4.90 Å². The van der Waals surface area contributed by atoms with Crippen LogP contribution in [0, 0.1) is 0 Å². The van der Waals surface area contributed by atoms with Crippen LogP contribution in [0.15, 0.2) is 0 Å². The third kappa shape index (κ3) is 7.87. The summed E-state index contributed by atoms with van der Waals surface area (Å²) in [6.07, 6.45) is 1.61. The average molecular weight is 289 g/mol. The maximum absolute atomic E-state index is 11.8. The van der Waals surface area contributed by atoms with Crippen LogP contribution in [0.2, 0.25) is 25.7 Å². The van der Waals surface area contributed by atoms with Crippen molar-refractivity contribution in [2.75, 3.05) is 13.7 Å². The summed E-state index contributed by atoms with van der Waals surface area (Å²) in [7, 11) is 0.250. The van der Waals surface area contributed by atoms with Gasteiger partial charge in [0.15, 0.2) is 0 Å². The van der Waals surface area contributed by atoms with Crippen LogP contribution < -0.4 is 0 Å². The van der Waals surface area contributed by atoms with Gasteiger partial charge in [0.25, 0.3) is 0 Å². The number of carbonyl (C=O) groups is 2. The molecule has 1 N–H and O–H groups in total. The summed E-state index contributed by atoms with van der Waals surface area (Å²) in [6, 6.07) is 0.0959. The first-order valence-corrected chi connectivity index (χ1v) is 10.5. The minimum atomic E-state index is -1.24. The second-order valence-corrected chi connectivity index (χ2v) is 11.7. The van der Waals surface area contributed by atoms with E-state index in [-0.39, 0.29) is 0 Å². The Labute approximate surface area is 116 Å². The van der Waals surface area contributed by atoms with E-state index in [4.69, 9.17) is 9.84 Å². The molecular weight excluding hydrogens is 262 g/mol. The van der Waals surface area contributed by atoms with Crippen molar-refractivity contribution in [3.05, 3.63) is 0 Å². The highest BCUT2D eigenvalue weighted by molar-refractivity contribution is 6.76. The molecule has 0 aromatic carbocycles. The Balaban J connectivity index is 4.30. The zero-order valence-electron chi connectivity index (χ0n) is 12.7. The van der Waals surface area contributed by atoms with Gasteiger partial charge in [0, 0.05) is 15.1 Å². The molecule has 6 heteroatoms. The fourth-order valence-electron chi connectivity index (χ4n) is 1.55. The number of carboxylic acids is 1.